The van der Waals surface area contributed by atoms with Gasteiger partial charge in [-0.1, -0.05) is 47.5 Å². The summed E-state index contributed by atoms with van der Waals surface area (Å²) < 4.78 is 11.7. The van der Waals surface area contributed by atoms with E-state index in [0.29, 0.717) is 10.0 Å². The lowest BCUT2D eigenvalue weighted by Crippen LogP contribution is -2.33. The van der Waals surface area contributed by atoms with Crippen LogP contribution in [-0.4, -0.2) is 17.8 Å². The van der Waals surface area contributed by atoms with Crippen molar-refractivity contribution >= 4 is 28.9 Å². The maximum atomic E-state index is 6.35. The molecule has 2 heterocycles. The fraction of sp³-hybridized carbons (Fsp3) is 0.174. The van der Waals surface area contributed by atoms with Crippen LogP contribution in [0.3, 0.4) is 0 Å². The molecule has 0 spiro atoms. The molecule has 0 N–H and O–H groups in total. The van der Waals surface area contributed by atoms with E-state index in [1.165, 1.54) is 0 Å². The van der Waals surface area contributed by atoms with Gasteiger partial charge in [0.15, 0.2) is 0 Å². The van der Waals surface area contributed by atoms with Crippen molar-refractivity contribution in [2.24, 2.45) is 5.10 Å². The van der Waals surface area contributed by atoms with Crippen LogP contribution in [-0.2, 0) is 0 Å². The normalized spacial score (nSPS) is 19.8. The maximum absolute atomic E-state index is 6.35. The second-order valence-corrected chi connectivity index (χ2v) is 7.96. The molecule has 0 amide bonds. The summed E-state index contributed by atoms with van der Waals surface area (Å²) in [7, 11) is 1.67. The van der Waals surface area contributed by atoms with Crippen molar-refractivity contribution in [3.05, 3.63) is 93.5 Å². The van der Waals surface area contributed by atoms with E-state index in [0.717, 1.165) is 40.3 Å². The molecule has 0 radical (unpaired) electrons. The quantitative estimate of drug-likeness (QED) is 0.498. The first kappa shape index (κ1) is 18.3. The summed E-state index contributed by atoms with van der Waals surface area (Å²) in [5.41, 5.74) is 4.07. The average Bonchev–Trinajstić information content (AvgIpc) is 3.20. The van der Waals surface area contributed by atoms with Crippen LogP contribution in [0.5, 0.6) is 11.5 Å². The van der Waals surface area contributed by atoms with Crippen molar-refractivity contribution in [3.63, 3.8) is 0 Å². The average molecular weight is 425 g/mol. The van der Waals surface area contributed by atoms with Gasteiger partial charge in [-0.15, -0.1) is 0 Å². The smallest absolute Gasteiger partial charge is 0.213 e. The summed E-state index contributed by atoms with van der Waals surface area (Å²) in [4.78, 5) is 0. The molecule has 4 nitrogen and oxygen atoms in total. The molecule has 2 aliphatic rings. The van der Waals surface area contributed by atoms with E-state index in [1.54, 1.807) is 7.11 Å². The van der Waals surface area contributed by atoms with E-state index < -0.39 is 0 Å². The predicted molar refractivity (Wildman–Crippen MR) is 115 cm³/mol. The summed E-state index contributed by atoms with van der Waals surface area (Å²) in [6.45, 7) is 0. The number of methoxy groups -OCH3 is 1. The summed E-state index contributed by atoms with van der Waals surface area (Å²) in [5, 5.41) is 8.36. The molecule has 2 atom stereocenters. The first-order valence-electron chi connectivity index (χ1n) is 9.34. The molecule has 0 fully saturated rings. The Balaban J connectivity index is 1.59. The van der Waals surface area contributed by atoms with Crippen molar-refractivity contribution in [2.75, 3.05) is 7.11 Å². The summed E-state index contributed by atoms with van der Waals surface area (Å²) >= 11 is 12.4. The van der Waals surface area contributed by atoms with Gasteiger partial charge in [0, 0.05) is 33.2 Å². The molecule has 3 aromatic carbocycles. The van der Waals surface area contributed by atoms with Crippen LogP contribution in [0.2, 0.25) is 10.0 Å². The Morgan fingerprint density at radius 1 is 1.00 bits per heavy atom. The first-order valence-corrected chi connectivity index (χ1v) is 10.1. The molecule has 2 aliphatic heterocycles. The lowest BCUT2D eigenvalue weighted by molar-refractivity contribution is -0.0190. The number of ether oxygens (including phenoxy) is 2. The summed E-state index contributed by atoms with van der Waals surface area (Å²) in [6.07, 6.45) is 0.419. The standard InChI is InChI=1S/C23H18Cl2N2O2/c1-28-18-4-2-3-15(11-18)20-13-21-19-12-17(25)9-10-22(19)29-23(27(21)26-20)14-5-7-16(24)8-6-14/h2-12,21,23H,13H2,1H3/t21-,23-/m0/s1. The van der Waals surface area contributed by atoms with E-state index in [9.17, 15) is 0 Å². The molecule has 3 aromatic rings. The first-order chi connectivity index (χ1) is 14.1. The number of halogens is 2. The number of hydrogen-bond acceptors (Lipinski definition) is 4. The fourth-order valence-corrected chi connectivity index (χ4v) is 4.19. The number of fused-ring (bicyclic) bond motifs is 3. The topological polar surface area (TPSA) is 34.1 Å². The van der Waals surface area contributed by atoms with Crippen LogP contribution >= 0.6 is 23.2 Å². The third-order valence-corrected chi connectivity index (χ3v) is 5.80. The summed E-state index contributed by atoms with van der Waals surface area (Å²) in [5.74, 6) is 1.64. The molecular formula is C23H18Cl2N2O2. The molecule has 0 saturated carbocycles. The Hall–Kier alpha value is -2.69. The summed E-state index contributed by atoms with van der Waals surface area (Å²) in [6, 6.07) is 21.5. The van der Waals surface area contributed by atoms with Gasteiger partial charge in [0.25, 0.3) is 0 Å². The van der Waals surface area contributed by atoms with E-state index >= 15 is 0 Å². The Kier molecular flexibility index (Phi) is 4.61. The van der Waals surface area contributed by atoms with Gasteiger partial charge in [-0.05, 0) is 42.5 Å². The molecule has 0 aromatic heterocycles. The zero-order valence-corrected chi connectivity index (χ0v) is 17.2. The van der Waals surface area contributed by atoms with Crippen molar-refractivity contribution in [1.82, 2.24) is 5.01 Å². The highest BCUT2D eigenvalue weighted by molar-refractivity contribution is 6.30. The van der Waals surface area contributed by atoms with Crippen LogP contribution in [0.1, 0.15) is 35.4 Å². The molecule has 0 aliphatic carbocycles. The molecule has 0 unspecified atom stereocenters. The van der Waals surface area contributed by atoms with Gasteiger partial charge >= 0.3 is 0 Å². The van der Waals surface area contributed by atoms with Crippen LogP contribution in [0, 0.1) is 0 Å². The van der Waals surface area contributed by atoms with E-state index in [4.69, 9.17) is 37.8 Å². The Labute approximate surface area is 179 Å². The highest BCUT2D eigenvalue weighted by Gasteiger charge is 2.41. The van der Waals surface area contributed by atoms with Crippen molar-refractivity contribution in [1.29, 1.82) is 0 Å². The lowest BCUT2D eigenvalue weighted by atomic mass is 9.96. The van der Waals surface area contributed by atoms with Gasteiger partial charge in [-0.25, -0.2) is 5.01 Å². The van der Waals surface area contributed by atoms with E-state index in [2.05, 4.69) is 6.07 Å². The van der Waals surface area contributed by atoms with Crippen molar-refractivity contribution < 1.29 is 9.47 Å². The zero-order valence-electron chi connectivity index (χ0n) is 15.7. The lowest BCUT2D eigenvalue weighted by Gasteiger charge is -2.38. The molecule has 0 saturated heterocycles. The Morgan fingerprint density at radius 2 is 1.79 bits per heavy atom. The minimum atomic E-state index is -0.339. The Morgan fingerprint density at radius 3 is 2.59 bits per heavy atom. The molecule has 0 bridgehead atoms. The van der Waals surface area contributed by atoms with Crippen molar-refractivity contribution in [3.8, 4) is 11.5 Å². The molecule has 5 rings (SSSR count). The monoisotopic (exact) mass is 424 g/mol. The van der Waals surface area contributed by atoms with Crippen molar-refractivity contribution in [2.45, 2.75) is 18.7 Å². The largest absolute Gasteiger partial charge is 0.497 e. The van der Waals surface area contributed by atoms with Gasteiger partial charge in [-0.3, -0.25) is 0 Å². The highest BCUT2D eigenvalue weighted by atomic mass is 35.5. The van der Waals surface area contributed by atoms with Crippen LogP contribution in [0.25, 0.3) is 0 Å². The van der Waals surface area contributed by atoms with E-state index in [-0.39, 0.29) is 12.3 Å². The number of hydrazone groups is 1. The maximum Gasteiger partial charge on any atom is 0.213 e. The van der Waals surface area contributed by atoms with Crippen LogP contribution < -0.4 is 9.47 Å². The van der Waals surface area contributed by atoms with Crippen LogP contribution in [0.15, 0.2) is 71.8 Å². The van der Waals surface area contributed by atoms with Gasteiger partial charge < -0.3 is 9.47 Å². The number of hydrogen-bond donors (Lipinski definition) is 0. The van der Waals surface area contributed by atoms with Gasteiger partial charge in [0.05, 0.1) is 18.9 Å². The third kappa shape index (κ3) is 3.33. The van der Waals surface area contributed by atoms with E-state index in [1.807, 2.05) is 65.7 Å². The number of nitrogens with zero attached hydrogens (tertiary/aromatic N) is 2. The zero-order chi connectivity index (χ0) is 20.0. The molecular weight excluding hydrogens is 407 g/mol. The molecule has 29 heavy (non-hydrogen) atoms. The van der Waals surface area contributed by atoms with Gasteiger partial charge in [0.2, 0.25) is 6.23 Å². The second kappa shape index (κ2) is 7.29. The number of rotatable bonds is 3. The minimum absolute atomic E-state index is 0.0410. The predicted octanol–water partition coefficient (Wildman–Crippen LogP) is 6.24. The molecule has 6 heteroatoms. The van der Waals surface area contributed by atoms with Gasteiger partial charge in [-0.2, -0.15) is 5.10 Å². The molecule has 146 valence electrons. The fourth-order valence-electron chi connectivity index (χ4n) is 3.88. The van der Waals surface area contributed by atoms with Gasteiger partial charge in [0.1, 0.15) is 11.5 Å². The highest BCUT2D eigenvalue weighted by Crippen LogP contribution is 2.48. The Bertz CT molecular complexity index is 1100. The third-order valence-electron chi connectivity index (χ3n) is 5.31. The SMILES string of the molecule is COc1cccc(C2=NN3[C@@H](C2)c2cc(Cl)ccc2O[C@H]3c2ccc(Cl)cc2)c1. The minimum Gasteiger partial charge on any atom is -0.497 e. The second-order valence-electron chi connectivity index (χ2n) is 7.08. The van der Waals surface area contributed by atoms with Crippen LogP contribution in [0.4, 0.5) is 0 Å². The number of benzene rings is 3.